The molecule has 26 heavy (non-hydrogen) atoms. The first-order valence-electron chi connectivity index (χ1n) is 8.89. The molecule has 2 amide bonds. The molecule has 4 unspecified atom stereocenters. The molecular weight excluding hydrogens is 356 g/mol. The summed E-state index contributed by atoms with van der Waals surface area (Å²) in [6.07, 6.45) is -0.529. The van der Waals surface area contributed by atoms with Gasteiger partial charge in [-0.2, -0.15) is 0 Å². The van der Waals surface area contributed by atoms with Crippen LogP contribution >= 0.6 is 11.6 Å². The molecule has 1 fully saturated rings. The van der Waals surface area contributed by atoms with Crippen LogP contribution < -0.4 is 5.32 Å². The number of amides is 2. The minimum atomic E-state index is -0.736. The van der Waals surface area contributed by atoms with Gasteiger partial charge >= 0.3 is 0 Å². The van der Waals surface area contributed by atoms with Gasteiger partial charge in [0, 0.05) is 23.9 Å². The lowest BCUT2D eigenvalue weighted by Gasteiger charge is -2.29. The third-order valence-corrected chi connectivity index (χ3v) is 5.28. The Morgan fingerprint density at radius 2 is 1.88 bits per heavy atom. The Kier molecular flexibility index (Phi) is 7.03. The van der Waals surface area contributed by atoms with E-state index in [1.54, 1.807) is 24.3 Å². The van der Waals surface area contributed by atoms with E-state index in [1.165, 1.54) is 4.90 Å². The van der Waals surface area contributed by atoms with Crippen molar-refractivity contribution >= 4 is 23.4 Å². The third-order valence-electron chi connectivity index (χ3n) is 5.03. The second-order valence-corrected chi connectivity index (χ2v) is 7.66. The Bertz CT molecular complexity index is 635. The maximum Gasteiger partial charge on any atom is 0.243 e. The number of aliphatic hydroxyl groups is 2. The summed E-state index contributed by atoms with van der Waals surface area (Å²) < 4.78 is 0. The number of halogens is 1. The molecule has 1 heterocycles. The highest BCUT2D eigenvalue weighted by atomic mass is 35.5. The molecule has 0 aromatic heterocycles. The van der Waals surface area contributed by atoms with Gasteiger partial charge in [0.2, 0.25) is 11.8 Å². The van der Waals surface area contributed by atoms with Crippen LogP contribution in [-0.4, -0.2) is 52.2 Å². The van der Waals surface area contributed by atoms with E-state index in [0.717, 1.165) is 5.56 Å². The molecule has 4 atom stereocenters. The topological polar surface area (TPSA) is 89.9 Å². The molecule has 0 bridgehead atoms. The van der Waals surface area contributed by atoms with Crippen LogP contribution in [0.5, 0.6) is 0 Å². The second-order valence-electron chi connectivity index (χ2n) is 7.22. The van der Waals surface area contributed by atoms with Gasteiger partial charge in [-0.25, -0.2) is 0 Å². The predicted molar refractivity (Wildman–Crippen MR) is 99.5 cm³/mol. The maximum absolute atomic E-state index is 12.8. The molecule has 6 nitrogen and oxygen atoms in total. The van der Waals surface area contributed by atoms with E-state index < -0.39 is 18.2 Å². The number of β-amino-alcohol motifs (C(OH)–C–C–N with tert-alkyl or cyclic N) is 1. The molecule has 0 aliphatic carbocycles. The lowest BCUT2D eigenvalue weighted by Crippen LogP contribution is -2.49. The number of benzene rings is 1. The first-order valence-corrected chi connectivity index (χ1v) is 9.27. The van der Waals surface area contributed by atoms with Gasteiger partial charge in [-0.3, -0.25) is 9.59 Å². The number of nitrogens with zero attached hydrogens (tertiary/aromatic N) is 1. The molecule has 3 N–H and O–H groups in total. The third kappa shape index (κ3) is 4.75. The van der Waals surface area contributed by atoms with Crippen LogP contribution in [0.4, 0.5) is 0 Å². The van der Waals surface area contributed by atoms with Crippen molar-refractivity contribution in [2.45, 2.75) is 45.4 Å². The van der Waals surface area contributed by atoms with Gasteiger partial charge in [-0.1, -0.05) is 44.5 Å². The first kappa shape index (κ1) is 20.7. The summed E-state index contributed by atoms with van der Waals surface area (Å²) in [7, 11) is 0. The summed E-state index contributed by atoms with van der Waals surface area (Å²) in [6, 6.07) is 5.50. The minimum absolute atomic E-state index is 0.135. The number of likely N-dealkylation sites (tertiary alicyclic amines) is 1. The summed E-state index contributed by atoms with van der Waals surface area (Å²) in [4.78, 5) is 26.9. The van der Waals surface area contributed by atoms with E-state index in [1.807, 2.05) is 20.8 Å². The summed E-state index contributed by atoms with van der Waals surface area (Å²) in [5, 5.41) is 23.0. The quantitative estimate of drug-likeness (QED) is 0.699. The summed E-state index contributed by atoms with van der Waals surface area (Å²) in [5.41, 5.74) is 0.720. The average molecular weight is 383 g/mol. The Balaban J connectivity index is 2.12. The van der Waals surface area contributed by atoms with E-state index in [0.29, 0.717) is 5.02 Å². The van der Waals surface area contributed by atoms with Gasteiger partial charge in [0.1, 0.15) is 6.04 Å². The molecule has 1 aromatic rings. The molecule has 0 radical (unpaired) electrons. The van der Waals surface area contributed by atoms with Crippen LogP contribution in [0.3, 0.4) is 0 Å². The number of aliphatic hydroxyl groups excluding tert-OH is 2. The molecular formula is C19H27ClN2O4. The molecule has 7 heteroatoms. The van der Waals surface area contributed by atoms with Crippen molar-refractivity contribution in [1.29, 1.82) is 0 Å². The highest BCUT2D eigenvalue weighted by Crippen LogP contribution is 2.24. The van der Waals surface area contributed by atoms with Crippen molar-refractivity contribution in [1.82, 2.24) is 10.2 Å². The molecule has 144 valence electrons. The van der Waals surface area contributed by atoms with Crippen molar-refractivity contribution in [2.75, 3.05) is 13.2 Å². The molecule has 0 saturated carbocycles. The summed E-state index contributed by atoms with van der Waals surface area (Å²) in [5.74, 6) is -0.604. The summed E-state index contributed by atoms with van der Waals surface area (Å²) in [6.45, 7) is 5.60. The fraction of sp³-hybridized carbons (Fsp3) is 0.579. The monoisotopic (exact) mass is 382 g/mol. The van der Waals surface area contributed by atoms with E-state index in [9.17, 15) is 19.8 Å². The zero-order valence-electron chi connectivity index (χ0n) is 15.4. The van der Waals surface area contributed by atoms with Gasteiger partial charge in [-0.05, 0) is 23.6 Å². The molecule has 2 rings (SSSR count). The Morgan fingerprint density at radius 1 is 1.27 bits per heavy atom. The Labute approximate surface area is 159 Å². The van der Waals surface area contributed by atoms with Crippen molar-refractivity contribution in [3.05, 3.63) is 34.9 Å². The highest BCUT2D eigenvalue weighted by molar-refractivity contribution is 6.30. The van der Waals surface area contributed by atoms with Gasteiger partial charge in [0.25, 0.3) is 0 Å². The first-order chi connectivity index (χ1) is 12.2. The molecule has 0 spiro atoms. The van der Waals surface area contributed by atoms with Crippen molar-refractivity contribution < 1.29 is 19.8 Å². The second kappa shape index (κ2) is 8.84. The SMILES string of the molecule is CC(C)C(C)C(=O)N1CC(O)CC1C(=O)NC(CO)c1ccc(Cl)cc1. The molecule has 1 aliphatic heterocycles. The van der Waals surface area contributed by atoms with Gasteiger partial charge in [0.15, 0.2) is 0 Å². The zero-order valence-corrected chi connectivity index (χ0v) is 16.1. The number of hydrogen-bond acceptors (Lipinski definition) is 4. The number of hydrogen-bond donors (Lipinski definition) is 3. The van der Waals surface area contributed by atoms with E-state index in [-0.39, 0.29) is 43.2 Å². The Hall–Kier alpha value is -1.63. The van der Waals surface area contributed by atoms with E-state index in [2.05, 4.69) is 5.32 Å². The molecule has 1 aromatic carbocycles. The largest absolute Gasteiger partial charge is 0.394 e. The van der Waals surface area contributed by atoms with Gasteiger partial charge in [0.05, 0.1) is 18.8 Å². The average Bonchev–Trinajstić information content (AvgIpc) is 3.00. The summed E-state index contributed by atoms with van der Waals surface area (Å²) >= 11 is 5.87. The zero-order chi connectivity index (χ0) is 19.4. The van der Waals surface area contributed by atoms with Crippen LogP contribution in [0, 0.1) is 11.8 Å². The van der Waals surface area contributed by atoms with Crippen LogP contribution in [0.15, 0.2) is 24.3 Å². The maximum atomic E-state index is 12.8. The van der Waals surface area contributed by atoms with Gasteiger partial charge in [-0.15, -0.1) is 0 Å². The molecule has 1 aliphatic rings. The normalized spacial score (nSPS) is 22.3. The number of carbonyl (C=O) groups excluding carboxylic acids is 2. The fourth-order valence-electron chi connectivity index (χ4n) is 3.05. The Morgan fingerprint density at radius 3 is 2.42 bits per heavy atom. The number of rotatable bonds is 6. The van der Waals surface area contributed by atoms with E-state index >= 15 is 0 Å². The molecule has 1 saturated heterocycles. The lowest BCUT2D eigenvalue weighted by atomic mass is 9.96. The van der Waals surface area contributed by atoms with Crippen LogP contribution in [0.1, 0.15) is 38.8 Å². The fourth-order valence-corrected chi connectivity index (χ4v) is 3.18. The van der Waals surface area contributed by atoms with Crippen LogP contribution in [-0.2, 0) is 9.59 Å². The minimum Gasteiger partial charge on any atom is -0.394 e. The van der Waals surface area contributed by atoms with E-state index in [4.69, 9.17) is 11.6 Å². The number of carbonyl (C=O) groups is 2. The van der Waals surface area contributed by atoms with Crippen LogP contribution in [0.2, 0.25) is 5.02 Å². The van der Waals surface area contributed by atoms with Gasteiger partial charge < -0.3 is 20.4 Å². The van der Waals surface area contributed by atoms with Crippen molar-refractivity contribution in [3.8, 4) is 0 Å². The standard InChI is InChI=1S/C19H27ClN2O4/c1-11(2)12(3)19(26)22-9-15(24)8-17(22)18(25)21-16(10-23)13-4-6-14(20)7-5-13/h4-7,11-12,15-17,23-24H,8-10H2,1-3H3,(H,21,25). The predicted octanol–water partition coefficient (Wildman–Crippen LogP) is 1.74. The lowest BCUT2D eigenvalue weighted by molar-refractivity contribution is -0.142. The van der Waals surface area contributed by atoms with Crippen LogP contribution in [0.25, 0.3) is 0 Å². The number of nitrogens with one attached hydrogen (secondary N) is 1. The smallest absolute Gasteiger partial charge is 0.243 e. The van der Waals surface area contributed by atoms with Crippen molar-refractivity contribution in [3.63, 3.8) is 0 Å². The van der Waals surface area contributed by atoms with Crippen molar-refractivity contribution in [2.24, 2.45) is 11.8 Å². The highest BCUT2D eigenvalue weighted by Gasteiger charge is 2.41.